The normalized spacial score (nSPS) is 12.1. The summed E-state index contributed by atoms with van der Waals surface area (Å²) in [5.74, 6) is -0.671. The molecular formula is C47H42N4O3S. The smallest absolute Gasteiger partial charge is 0.272 e. The predicted octanol–water partition coefficient (Wildman–Crippen LogP) is 10.8. The molecule has 8 heteroatoms. The summed E-state index contributed by atoms with van der Waals surface area (Å²) in [5.41, 5.74) is 6.86. The molecule has 0 aliphatic rings. The number of anilines is 2. The molecule has 1 unspecified atom stereocenters. The number of rotatable bonds is 12. The van der Waals surface area contributed by atoms with Crippen molar-refractivity contribution in [2.24, 2.45) is 0 Å². The standard InChI is InChI=1S/C47H42N4O3S/c1-4-51-42-21-12-11-20-39(42)40-30-37(26-27-43(40)51)49-47(54)44(34-14-7-5-8-15-34)55-38-19-13-18-36(29-38)48-46(53)41(50-45(52)35-16-9-6-10-17-35)28-32-22-24-33(25-23-32)31(2)3/h5-31,44H,4H2,1-3H3,(H,48,53)(H,49,54)(H,50,52)/b41-28+. The van der Waals surface area contributed by atoms with Crippen molar-refractivity contribution in [1.82, 2.24) is 9.88 Å². The van der Waals surface area contributed by atoms with Crippen molar-refractivity contribution in [2.45, 2.75) is 43.4 Å². The number of para-hydroxylation sites is 1. The van der Waals surface area contributed by atoms with Crippen molar-refractivity contribution in [3.8, 4) is 0 Å². The van der Waals surface area contributed by atoms with Crippen LogP contribution in [0.5, 0.6) is 0 Å². The van der Waals surface area contributed by atoms with Gasteiger partial charge < -0.3 is 20.5 Å². The topological polar surface area (TPSA) is 92.2 Å². The molecule has 0 saturated carbocycles. The second kappa shape index (κ2) is 16.7. The number of benzene rings is 6. The van der Waals surface area contributed by atoms with Gasteiger partial charge in [0.2, 0.25) is 5.91 Å². The van der Waals surface area contributed by atoms with Gasteiger partial charge in [-0.1, -0.05) is 111 Å². The number of carbonyl (C=O) groups excluding carboxylic acids is 3. The van der Waals surface area contributed by atoms with Gasteiger partial charge in [-0.3, -0.25) is 14.4 Å². The van der Waals surface area contributed by atoms with Crippen LogP contribution in [0.1, 0.15) is 59.0 Å². The van der Waals surface area contributed by atoms with Gasteiger partial charge in [0.25, 0.3) is 11.8 Å². The van der Waals surface area contributed by atoms with E-state index in [2.05, 4.69) is 59.5 Å². The SMILES string of the molecule is CCn1c2ccccc2c2cc(NC(=O)C(Sc3cccc(NC(=O)/C(=C\c4ccc(C(C)C)cc4)NC(=O)c4ccccc4)c3)c3ccccc3)ccc21. The molecule has 7 rings (SSSR count). The fraction of sp³-hybridized carbons (Fsp3) is 0.128. The van der Waals surface area contributed by atoms with E-state index in [1.165, 1.54) is 17.3 Å². The van der Waals surface area contributed by atoms with Crippen LogP contribution in [-0.2, 0) is 16.1 Å². The monoisotopic (exact) mass is 742 g/mol. The molecule has 0 bridgehead atoms. The lowest BCUT2D eigenvalue weighted by atomic mass is 10.0. The molecule has 6 aromatic carbocycles. The van der Waals surface area contributed by atoms with E-state index in [4.69, 9.17) is 0 Å². The highest BCUT2D eigenvalue weighted by atomic mass is 32.2. The second-order valence-electron chi connectivity index (χ2n) is 13.6. The van der Waals surface area contributed by atoms with Crippen LogP contribution in [0.15, 0.2) is 162 Å². The Bertz CT molecular complexity index is 2510. The summed E-state index contributed by atoms with van der Waals surface area (Å²) in [5, 5.41) is 10.6. The van der Waals surface area contributed by atoms with Crippen molar-refractivity contribution < 1.29 is 14.4 Å². The summed E-state index contributed by atoms with van der Waals surface area (Å²) in [4.78, 5) is 42.0. The van der Waals surface area contributed by atoms with E-state index < -0.39 is 17.1 Å². The van der Waals surface area contributed by atoms with Crippen LogP contribution >= 0.6 is 11.8 Å². The number of aromatic nitrogens is 1. The number of fused-ring (bicyclic) bond motifs is 3. The Labute approximate surface area is 325 Å². The largest absolute Gasteiger partial charge is 0.341 e. The highest BCUT2D eigenvalue weighted by Gasteiger charge is 2.23. The van der Waals surface area contributed by atoms with E-state index >= 15 is 0 Å². The zero-order valence-electron chi connectivity index (χ0n) is 31.0. The summed E-state index contributed by atoms with van der Waals surface area (Å²) in [7, 11) is 0. The Morgan fingerprint density at radius 2 is 1.33 bits per heavy atom. The lowest BCUT2D eigenvalue weighted by Crippen LogP contribution is -2.30. The van der Waals surface area contributed by atoms with Gasteiger partial charge in [-0.2, -0.15) is 0 Å². The Morgan fingerprint density at radius 1 is 0.655 bits per heavy atom. The van der Waals surface area contributed by atoms with E-state index in [-0.39, 0.29) is 11.6 Å². The molecular weight excluding hydrogens is 701 g/mol. The van der Waals surface area contributed by atoms with Gasteiger partial charge >= 0.3 is 0 Å². The first kappa shape index (κ1) is 37.0. The number of hydrogen-bond donors (Lipinski definition) is 3. The first-order chi connectivity index (χ1) is 26.8. The van der Waals surface area contributed by atoms with Crippen molar-refractivity contribution in [2.75, 3.05) is 10.6 Å². The molecule has 3 amide bonds. The van der Waals surface area contributed by atoms with Gasteiger partial charge in [0, 0.05) is 50.2 Å². The number of hydrogen-bond acceptors (Lipinski definition) is 4. The number of thioether (sulfide) groups is 1. The Morgan fingerprint density at radius 3 is 2.05 bits per heavy atom. The van der Waals surface area contributed by atoms with E-state index in [1.807, 2.05) is 103 Å². The van der Waals surface area contributed by atoms with Gasteiger partial charge in [0.05, 0.1) is 0 Å². The van der Waals surface area contributed by atoms with Gasteiger partial charge in [0.1, 0.15) is 10.9 Å². The molecule has 0 fully saturated rings. The molecule has 55 heavy (non-hydrogen) atoms. The fourth-order valence-electron chi connectivity index (χ4n) is 6.65. The van der Waals surface area contributed by atoms with Crippen LogP contribution in [0.3, 0.4) is 0 Å². The Hall–Kier alpha value is -6.38. The number of carbonyl (C=O) groups is 3. The molecule has 7 aromatic rings. The molecule has 0 aliphatic carbocycles. The molecule has 0 radical (unpaired) electrons. The third kappa shape index (κ3) is 8.56. The third-order valence-electron chi connectivity index (χ3n) is 9.49. The summed E-state index contributed by atoms with van der Waals surface area (Å²) in [6, 6.07) is 48.1. The maximum atomic E-state index is 14.1. The molecule has 0 aliphatic heterocycles. The van der Waals surface area contributed by atoms with E-state index in [0.717, 1.165) is 50.1 Å². The Balaban J connectivity index is 1.13. The van der Waals surface area contributed by atoms with Crippen LogP contribution < -0.4 is 16.0 Å². The van der Waals surface area contributed by atoms with Crippen molar-refractivity contribution in [1.29, 1.82) is 0 Å². The lowest BCUT2D eigenvalue weighted by Gasteiger charge is -2.18. The highest BCUT2D eigenvalue weighted by molar-refractivity contribution is 8.00. The highest BCUT2D eigenvalue weighted by Crippen LogP contribution is 2.38. The minimum absolute atomic E-state index is 0.102. The van der Waals surface area contributed by atoms with E-state index in [9.17, 15) is 14.4 Å². The van der Waals surface area contributed by atoms with Crippen molar-refractivity contribution in [3.05, 3.63) is 180 Å². The molecule has 274 valence electrons. The summed E-state index contributed by atoms with van der Waals surface area (Å²) in [6.07, 6.45) is 1.67. The lowest BCUT2D eigenvalue weighted by molar-refractivity contribution is -0.116. The molecule has 1 heterocycles. The average molecular weight is 743 g/mol. The van der Waals surface area contributed by atoms with E-state index in [0.29, 0.717) is 17.2 Å². The molecule has 0 saturated heterocycles. The van der Waals surface area contributed by atoms with Crippen LogP contribution in [-0.4, -0.2) is 22.3 Å². The van der Waals surface area contributed by atoms with Crippen LogP contribution in [0.25, 0.3) is 27.9 Å². The molecule has 7 nitrogen and oxygen atoms in total. The second-order valence-corrected chi connectivity index (χ2v) is 14.8. The maximum absolute atomic E-state index is 14.1. The zero-order valence-corrected chi connectivity index (χ0v) is 31.8. The molecule has 1 atom stereocenters. The van der Waals surface area contributed by atoms with E-state index in [1.54, 1.807) is 36.4 Å². The van der Waals surface area contributed by atoms with Crippen molar-refractivity contribution in [3.63, 3.8) is 0 Å². The van der Waals surface area contributed by atoms with Crippen LogP contribution in [0, 0.1) is 0 Å². The summed E-state index contributed by atoms with van der Waals surface area (Å²) in [6.45, 7) is 7.22. The summed E-state index contributed by atoms with van der Waals surface area (Å²) < 4.78 is 2.28. The quantitative estimate of drug-likeness (QED) is 0.0858. The number of nitrogens with zero attached hydrogens (tertiary/aromatic N) is 1. The third-order valence-corrected chi connectivity index (χ3v) is 10.7. The first-order valence-electron chi connectivity index (χ1n) is 18.4. The first-order valence-corrected chi connectivity index (χ1v) is 19.3. The van der Waals surface area contributed by atoms with Gasteiger partial charge in [-0.15, -0.1) is 11.8 Å². The maximum Gasteiger partial charge on any atom is 0.272 e. The average Bonchev–Trinajstić information content (AvgIpc) is 3.53. The minimum atomic E-state index is -0.589. The van der Waals surface area contributed by atoms with Gasteiger partial charge in [0.15, 0.2) is 0 Å². The minimum Gasteiger partial charge on any atom is -0.341 e. The summed E-state index contributed by atoms with van der Waals surface area (Å²) >= 11 is 1.40. The fourth-order valence-corrected chi connectivity index (χ4v) is 7.73. The molecule has 0 spiro atoms. The Kier molecular flexibility index (Phi) is 11.3. The van der Waals surface area contributed by atoms with Gasteiger partial charge in [-0.05, 0) is 90.2 Å². The van der Waals surface area contributed by atoms with Crippen LogP contribution in [0.4, 0.5) is 11.4 Å². The number of aryl methyl sites for hydroxylation is 1. The van der Waals surface area contributed by atoms with Crippen molar-refractivity contribution >= 4 is 68.7 Å². The van der Waals surface area contributed by atoms with Crippen LogP contribution in [0.2, 0.25) is 0 Å². The van der Waals surface area contributed by atoms with Gasteiger partial charge in [-0.25, -0.2) is 0 Å². The molecule has 1 aromatic heterocycles. The number of amides is 3. The zero-order chi connectivity index (χ0) is 38.3. The predicted molar refractivity (Wildman–Crippen MR) is 226 cm³/mol. The molecule has 3 N–H and O–H groups in total. The number of nitrogens with one attached hydrogen (secondary N) is 3.